The highest BCUT2D eigenvalue weighted by Crippen LogP contribution is 2.33. The topological polar surface area (TPSA) is 52.5 Å². The van der Waals surface area contributed by atoms with Gasteiger partial charge in [0.15, 0.2) is 4.96 Å². The third-order valence-electron chi connectivity index (χ3n) is 2.62. The van der Waals surface area contributed by atoms with Crippen LogP contribution in [0.4, 0.5) is 0 Å². The van der Waals surface area contributed by atoms with Crippen LogP contribution in [-0.4, -0.2) is 9.38 Å². The molecule has 2 N–H and O–H groups in total. The second-order valence-electron chi connectivity index (χ2n) is 3.80. The number of fused-ring (bicyclic) bond motifs is 1. The first-order chi connectivity index (χ1) is 9.19. The van der Waals surface area contributed by atoms with Crippen LogP contribution in [-0.2, 0) is 6.54 Å². The quantitative estimate of drug-likeness (QED) is 0.715. The Morgan fingerprint density at radius 1 is 1.37 bits per heavy atom. The van der Waals surface area contributed by atoms with Crippen molar-refractivity contribution in [2.24, 2.45) is 5.73 Å². The van der Waals surface area contributed by atoms with E-state index in [0.717, 1.165) is 19.6 Å². The SMILES string of the molecule is NCc1c(Oc2ccc(Br)cc2Br)nc2sccn12. The molecule has 4 nitrogen and oxygen atoms in total. The zero-order chi connectivity index (χ0) is 13.4. The van der Waals surface area contributed by atoms with E-state index in [4.69, 9.17) is 10.5 Å². The van der Waals surface area contributed by atoms with E-state index in [1.54, 1.807) is 11.3 Å². The predicted octanol–water partition coefficient (Wildman–Crippen LogP) is 4.17. The first kappa shape index (κ1) is 13.1. The van der Waals surface area contributed by atoms with Gasteiger partial charge in [-0.25, -0.2) is 0 Å². The van der Waals surface area contributed by atoms with Gasteiger partial charge >= 0.3 is 0 Å². The minimum Gasteiger partial charge on any atom is -0.436 e. The van der Waals surface area contributed by atoms with Crippen molar-refractivity contribution in [1.29, 1.82) is 0 Å². The van der Waals surface area contributed by atoms with E-state index < -0.39 is 0 Å². The van der Waals surface area contributed by atoms with Crippen LogP contribution in [0, 0.1) is 0 Å². The second kappa shape index (κ2) is 5.24. The Kier molecular flexibility index (Phi) is 3.62. The van der Waals surface area contributed by atoms with E-state index in [1.165, 1.54) is 0 Å². The molecular formula is C12H9Br2N3OS. The molecule has 0 atom stereocenters. The smallest absolute Gasteiger partial charge is 0.243 e. The molecule has 0 amide bonds. The van der Waals surface area contributed by atoms with Crippen molar-refractivity contribution >= 4 is 48.2 Å². The standard InChI is InChI=1S/C12H9Br2N3OS/c13-7-1-2-10(8(14)5-7)18-11-9(6-15)17-3-4-19-12(17)16-11/h1-5H,6,15H2. The third-order valence-corrected chi connectivity index (χ3v) is 4.49. The minimum absolute atomic E-state index is 0.376. The van der Waals surface area contributed by atoms with Crippen molar-refractivity contribution < 1.29 is 4.74 Å². The zero-order valence-electron chi connectivity index (χ0n) is 9.64. The predicted molar refractivity (Wildman–Crippen MR) is 82.9 cm³/mol. The molecule has 1 aromatic carbocycles. The van der Waals surface area contributed by atoms with Crippen LogP contribution in [0.1, 0.15) is 5.69 Å². The lowest BCUT2D eigenvalue weighted by Gasteiger charge is -2.07. The van der Waals surface area contributed by atoms with Gasteiger partial charge in [0.25, 0.3) is 0 Å². The molecule has 3 aromatic rings. The van der Waals surface area contributed by atoms with E-state index in [9.17, 15) is 0 Å². The van der Waals surface area contributed by atoms with Crippen molar-refractivity contribution in [3.63, 3.8) is 0 Å². The number of ether oxygens (including phenoxy) is 1. The van der Waals surface area contributed by atoms with Crippen molar-refractivity contribution in [3.05, 3.63) is 44.4 Å². The molecule has 0 aliphatic rings. The summed E-state index contributed by atoms with van der Waals surface area (Å²) in [5, 5.41) is 1.97. The average Bonchev–Trinajstić information content (AvgIpc) is 2.92. The summed E-state index contributed by atoms with van der Waals surface area (Å²) in [7, 11) is 0. The molecular weight excluding hydrogens is 394 g/mol. The average molecular weight is 403 g/mol. The van der Waals surface area contributed by atoms with E-state index in [2.05, 4.69) is 36.8 Å². The molecule has 0 radical (unpaired) electrons. The maximum Gasteiger partial charge on any atom is 0.243 e. The van der Waals surface area contributed by atoms with Gasteiger partial charge in [0.05, 0.1) is 4.47 Å². The summed E-state index contributed by atoms with van der Waals surface area (Å²) in [6.07, 6.45) is 1.94. The highest BCUT2D eigenvalue weighted by Gasteiger charge is 2.15. The molecule has 19 heavy (non-hydrogen) atoms. The number of aromatic nitrogens is 2. The van der Waals surface area contributed by atoms with Crippen LogP contribution in [0.3, 0.4) is 0 Å². The highest BCUT2D eigenvalue weighted by molar-refractivity contribution is 9.11. The summed E-state index contributed by atoms with van der Waals surface area (Å²) in [6, 6.07) is 5.72. The zero-order valence-corrected chi connectivity index (χ0v) is 13.6. The van der Waals surface area contributed by atoms with E-state index in [-0.39, 0.29) is 0 Å². The van der Waals surface area contributed by atoms with Gasteiger partial charge in [0.2, 0.25) is 5.88 Å². The third kappa shape index (κ3) is 2.43. The molecule has 0 aliphatic carbocycles. The molecule has 0 spiro atoms. The number of rotatable bonds is 3. The number of nitrogens with zero attached hydrogens (tertiary/aromatic N) is 2. The Bertz CT molecular complexity index is 738. The summed E-state index contributed by atoms with van der Waals surface area (Å²) >= 11 is 8.43. The number of halogens is 2. The van der Waals surface area contributed by atoms with Gasteiger partial charge in [-0.3, -0.25) is 4.40 Å². The fourth-order valence-electron chi connectivity index (χ4n) is 1.74. The molecule has 0 saturated carbocycles. The molecule has 0 aliphatic heterocycles. The molecule has 0 bridgehead atoms. The van der Waals surface area contributed by atoms with E-state index in [0.29, 0.717) is 18.2 Å². The fraction of sp³-hybridized carbons (Fsp3) is 0.0833. The lowest BCUT2D eigenvalue weighted by molar-refractivity contribution is 0.456. The summed E-state index contributed by atoms with van der Waals surface area (Å²) in [4.78, 5) is 5.33. The molecule has 7 heteroatoms. The maximum absolute atomic E-state index is 5.86. The molecule has 98 valence electrons. The Morgan fingerprint density at radius 2 is 2.21 bits per heavy atom. The van der Waals surface area contributed by atoms with Gasteiger partial charge in [-0.2, -0.15) is 4.98 Å². The number of thiazole rings is 1. The number of imidazole rings is 1. The van der Waals surface area contributed by atoms with Gasteiger partial charge in [-0.1, -0.05) is 15.9 Å². The van der Waals surface area contributed by atoms with Crippen molar-refractivity contribution in [1.82, 2.24) is 9.38 Å². The van der Waals surface area contributed by atoms with E-state index >= 15 is 0 Å². The summed E-state index contributed by atoms with van der Waals surface area (Å²) in [5.74, 6) is 1.26. The van der Waals surface area contributed by atoms with Crippen LogP contribution in [0.5, 0.6) is 11.6 Å². The van der Waals surface area contributed by atoms with Crippen LogP contribution >= 0.6 is 43.2 Å². The molecule has 0 fully saturated rings. The van der Waals surface area contributed by atoms with Gasteiger partial charge in [-0.15, -0.1) is 11.3 Å². The van der Waals surface area contributed by atoms with Crippen LogP contribution < -0.4 is 10.5 Å². The molecule has 2 heterocycles. The fourth-order valence-corrected chi connectivity index (χ4v) is 3.59. The normalized spacial score (nSPS) is 11.1. The first-order valence-corrected chi connectivity index (χ1v) is 7.93. The Hall–Kier alpha value is -0.890. The highest BCUT2D eigenvalue weighted by atomic mass is 79.9. The van der Waals surface area contributed by atoms with Crippen molar-refractivity contribution in [2.45, 2.75) is 6.54 Å². The Morgan fingerprint density at radius 3 is 2.95 bits per heavy atom. The van der Waals surface area contributed by atoms with Gasteiger partial charge in [-0.05, 0) is 34.1 Å². The minimum atomic E-state index is 0.376. The lowest BCUT2D eigenvalue weighted by atomic mass is 10.3. The van der Waals surface area contributed by atoms with Crippen LogP contribution in [0.15, 0.2) is 38.7 Å². The van der Waals surface area contributed by atoms with Crippen molar-refractivity contribution in [3.8, 4) is 11.6 Å². The molecule has 0 unspecified atom stereocenters. The Labute approximate surface area is 130 Å². The molecule has 2 aromatic heterocycles. The van der Waals surface area contributed by atoms with E-state index in [1.807, 2.05) is 34.2 Å². The molecule has 3 rings (SSSR count). The lowest BCUT2D eigenvalue weighted by Crippen LogP contribution is -2.01. The summed E-state index contributed by atoms with van der Waals surface area (Å²) in [5.41, 5.74) is 6.65. The monoisotopic (exact) mass is 401 g/mol. The largest absolute Gasteiger partial charge is 0.436 e. The number of nitrogens with two attached hydrogens (primary N) is 1. The second-order valence-corrected chi connectivity index (χ2v) is 6.44. The van der Waals surface area contributed by atoms with Crippen molar-refractivity contribution in [2.75, 3.05) is 0 Å². The van der Waals surface area contributed by atoms with Gasteiger partial charge in [0.1, 0.15) is 11.4 Å². The summed E-state index contributed by atoms with van der Waals surface area (Å²) in [6.45, 7) is 0.376. The number of hydrogen-bond donors (Lipinski definition) is 1. The maximum atomic E-state index is 5.86. The number of benzene rings is 1. The number of hydrogen-bond acceptors (Lipinski definition) is 4. The molecule has 0 saturated heterocycles. The Balaban J connectivity index is 2.02. The van der Waals surface area contributed by atoms with Crippen LogP contribution in [0.25, 0.3) is 4.96 Å². The van der Waals surface area contributed by atoms with Crippen LogP contribution in [0.2, 0.25) is 0 Å². The first-order valence-electron chi connectivity index (χ1n) is 5.46. The van der Waals surface area contributed by atoms with Gasteiger partial charge < -0.3 is 10.5 Å². The van der Waals surface area contributed by atoms with Gasteiger partial charge in [0, 0.05) is 22.6 Å². The summed E-state index contributed by atoms with van der Waals surface area (Å²) < 4.78 is 9.65.